The first-order valence-electron chi connectivity index (χ1n) is 8.90. The van der Waals surface area contributed by atoms with Gasteiger partial charge >= 0.3 is 6.03 Å². The molecule has 24 heavy (non-hydrogen) atoms. The van der Waals surface area contributed by atoms with E-state index in [0.29, 0.717) is 5.92 Å². The Kier molecular flexibility index (Phi) is 4.20. The quantitative estimate of drug-likeness (QED) is 0.880. The minimum atomic E-state index is -0.105. The molecule has 3 amide bonds. The molecule has 0 radical (unpaired) electrons. The zero-order chi connectivity index (χ0) is 16.7. The summed E-state index contributed by atoms with van der Waals surface area (Å²) in [5.74, 6) is 0.446. The van der Waals surface area contributed by atoms with Crippen molar-refractivity contribution >= 4 is 23.3 Å². The standard InChI is InChI=1S/C17H24N4O2S/c1-10-8-18-16(24-10)15(11-6-7-11)20-17(23)21-9-14(22)19-12-4-2-3-5-13(12)21/h8,11-13,15H,2-7,9H2,1H3,(H,19,22)(H,20,23). The van der Waals surface area contributed by atoms with Crippen molar-refractivity contribution in [3.8, 4) is 0 Å². The summed E-state index contributed by atoms with van der Waals surface area (Å²) in [5.41, 5.74) is 0. The number of amides is 3. The lowest BCUT2D eigenvalue weighted by Crippen LogP contribution is -2.64. The molecule has 6 nitrogen and oxygen atoms in total. The fraction of sp³-hybridized carbons (Fsp3) is 0.706. The van der Waals surface area contributed by atoms with Gasteiger partial charge in [-0.05, 0) is 38.5 Å². The maximum atomic E-state index is 12.9. The topological polar surface area (TPSA) is 74.3 Å². The smallest absolute Gasteiger partial charge is 0.318 e. The maximum absolute atomic E-state index is 12.9. The second-order valence-electron chi connectivity index (χ2n) is 7.23. The van der Waals surface area contributed by atoms with E-state index < -0.39 is 0 Å². The number of aromatic nitrogens is 1. The number of hydrogen-bond acceptors (Lipinski definition) is 4. The monoisotopic (exact) mass is 348 g/mol. The van der Waals surface area contributed by atoms with Gasteiger partial charge in [-0.3, -0.25) is 4.79 Å². The van der Waals surface area contributed by atoms with E-state index in [1.165, 1.54) is 0 Å². The van der Waals surface area contributed by atoms with Crippen molar-refractivity contribution in [2.24, 2.45) is 5.92 Å². The number of piperazine rings is 1. The van der Waals surface area contributed by atoms with Gasteiger partial charge in [0.15, 0.2) is 0 Å². The Hall–Kier alpha value is -1.63. The van der Waals surface area contributed by atoms with Crippen LogP contribution in [-0.2, 0) is 4.79 Å². The van der Waals surface area contributed by atoms with Gasteiger partial charge in [-0.15, -0.1) is 11.3 Å². The van der Waals surface area contributed by atoms with Crippen molar-refractivity contribution in [2.45, 2.75) is 63.6 Å². The molecule has 0 bridgehead atoms. The number of rotatable bonds is 3. The average molecular weight is 348 g/mol. The van der Waals surface area contributed by atoms with E-state index in [9.17, 15) is 9.59 Å². The highest BCUT2D eigenvalue weighted by Gasteiger charge is 2.41. The number of hydrogen-bond donors (Lipinski definition) is 2. The molecule has 0 aromatic carbocycles. The van der Waals surface area contributed by atoms with Crippen molar-refractivity contribution in [3.05, 3.63) is 16.1 Å². The second-order valence-corrected chi connectivity index (χ2v) is 8.49. The predicted molar refractivity (Wildman–Crippen MR) is 91.7 cm³/mol. The lowest BCUT2D eigenvalue weighted by Gasteiger charge is -2.44. The summed E-state index contributed by atoms with van der Waals surface area (Å²) in [5, 5.41) is 7.23. The summed E-state index contributed by atoms with van der Waals surface area (Å²) in [4.78, 5) is 32.3. The Labute approximate surface area is 146 Å². The van der Waals surface area contributed by atoms with Crippen LogP contribution in [0.4, 0.5) is 4.79 Å². The highest BCUT2D eigenvalue weighted by molar-refractivity contribution is 7.11. The van der Waals surface area contributed by atoms with Crippen LogP contribution in [0.3, 0.4) is 0 Å². The van der Waals surface area contributed by atoms with Crippen molar-refractivity contribution in [2.75, 3.05) is 6.54 Å². The number of fused-ring (bicyclic) bond motifs is 1. The van der Waals surface area contributed by atoms with Crippen molar-refractivity contribution < 1.29 is 9.59 Å². The SMILES string of the molecule is Cc1cnc(C(NC(=O)N2CC(=O)NC3CCCCC32)C2CC2)s1. The van der Waals surface area contributed by atoms with Gasteiger partial charge < -0.3 is 15.5 Å². The van der Waals surface area contributed by atoms with E-state index in [0.717, 1.165) is 48.4 Å². The van der Waals surface area contributed by atoms with Crippen molar-refractivity contribution in [3.63, 3.8) is 0 Å². The van der Waals surface area contributed by atoms with E-state index >= 15 is 0 Å². The lowest BCUT2D eigenvalue weighted by atomic mass is 9.87. The number of nitrogens with zero attached hydrogens (tertiary/aromatic N) is 2. The zero-order valence-corrected chi connectivity index (χ0v) is 14.8. The van der Waals surface area contributed by atoms with Gasteiger partial charge in [-0.1, -0.05) is 12.8 Å². The Bertz CT molecular complexity index is 642. The van der Waals surface area contributed by atoms with E-state index in [4.69, 9.17) is 0 Å². The Morgan fingerprint density at radius 1 is 1.38 bits per heavy atom. The van der Waals surface area contributed by atoms with Crippen molar-refractivity contribution in [1.82, 2.24) is 20.5 Å². The third-order valence-electron chi connectivity index (χ3n) is 5.33. The summed E-state index contributed by atoms with van der Waals surface area (Å²) in [7, 11) is 0. The largest absolute Gasteiger partial charge is 0.350 e. The van der Waals surface area contributed by atoms with Crippen molar-refractivity contribution in [1.29, 1.82) is 0 Å². The molecule has 7 heteroatoms. The molecule has 2 heterocycles. The molecule has 4 rings (SSSR count). The van der Waals surface area contributed by atoms with E-state index in [2.05, 4.69) is 15.6 Å². The Morgan fingerprint density at radius 3 is 2.88 bits per heavy atom. The zero-order valence-electron chi connectivity index (χ0n) is 14.0. The molecule has 2 aliphatic carbocycles. The fourth-order valence-corrected chi connectivity index (χ4v) is 4.86. The van der Waals surface area contributed by atoms with Gasteiger partial charge in [0.1, 0.15) is 11.6 Å². The number of nitrogens with one attached hydrogen (secondary N) is 2. The van der Waals surface area contributed by atoms with Crippen LogP contribution in [0.25, 0.3) is 0 Å². The van der Waals surface area contributed by atoms with Gasteiger partial charge in [0.25, 0.3) is 0 Å². The normalized spacial score (nSPS) is 28.0. The van der Waals surface area contributed by atoms with Gasteiger partial charge in [0.05, 0.1) is 12.1 Å². The Balaban J connectivity index is 1.50. The van der Waals surface area contributed by atoms with Gasteiger partial charge in [-0.2, -0.15) is 0 Å². The molecule has 2 saturated carbocycles. The first-order valence-corrected chi connectivity index (χ1v) is 9.72. The first kappa shape index (κ1) is 15.9. The molecule has 130 valence electrons. The molecule has 0 spiro atoms. The molecule has 1 aromatic rings. The second kappa shape index (κ2) is 6.35. The Morgan fingerprint density at radius 2 is 2.17 bits per heavy atom. The third kappa shape index (κ3) is 3.14. The minimum absolute atomic E-state index is 0.0109. The molecule has 1 aliphatic heterocycles. The van der Waals surface area contributed by atoms with E-state index in [1.807, 2.05) is 13.1 Å². The first-order chi connectivity index (χ1) is 11.6. The van der Waals surface area contributed by atoms with Crippen LogP contribution in [0.2, 0.25) is 0 Å². The van der Waals surface area contributed by atoms with Crippen LogP contribution in [0.5, 0.6) is 0 Å². The summed E-state index contributed by atoms with van der Waals surface area (Å²) < 4.78 is 0. The summed E-state index contributed by atoms with van der Waals surface area (Å²) in [6.07, 6.45) is 8.33. The van der Waals surface area contributed by atoms with Crippen LogP contribution < -0.4 is 10.6 Å². The molecular weight excluding hydrogens is 324 g/mol. The van der Waals surface area contributed by atoms with Crippen LogP contribution in [0.1, 0.15) is 54.5 Å². The number of carbonyl (C=O) groups is 2. The van der Waals surface area contributed by atoms with E-state index in [-0.39, 0.29) is 36.6 Å². The molecule has 1 aromatic heterocycles. The number of thiazole rings is 1. The van der Waals surface area contributed by atoms with Crippen LogP contribution in [-0.4, -0.2) is 40.5 Å². The molecule has 3 aliphatic rings. The van der Waals surface area contributed by atoms with E-state index in [1.54, 1.807) is 16.2 Å². The van der Waals surface area contributed by atoms with Gasteiger partial charge in [0, 0.05) is 17.1 Å². The summed E-state index contributed by atoms with van der Waals surface area (Å²) in [6, 6.07) is 0.135. The molecule has 3 atom stereocenters. The molecule has 3 fully saturated rings. The van der Waals surface area contributed by atoms with Crippen LogP contribution in [0, 0.1) is 12.8 Å². The lowest BCUT2D eigenvalue weighted by molar-refractivity contribution is -0.126. The highest BCUT2D eigenvalue weighted by Crippen LogP contribution is 2.42. The third-order valence-corrected chi connectivity index (χ3v) is 6.32. The van der Waals surface area contributed by atoms with Crippen LogP contribution >= 0.6 is 11.3 Å². The minimum Gasteiger partial charge on any atom is -0.350 e. The maximum Gasteiger partial charge on any atom is 0.318 e. The number of aryl methyl sites for hydroxylation is 1. The fourth-order valence-electron chi connectivity index (χ4n) is 3.94. The van der Waals surface area contributed by atoms with Crippen LogP contribution in [0.15, 0.2) is 6.20 Å². The molecule has 3 unspecified atom stereocenters. The predicted octanol–water partition coefficient (Wildman–Crippen LogP) is 2.36. The highest BCUT2D eigenvalue weighted by atomic mass is 32.1. The number of urea groups is 1. The molecule has 1 saturated heterocycles. The summed E-state index contributed by atoms with van der Waals surface area (Å²) in [6.45, 7) is 2.20. The van der Waals surface area contributed by atoms with Gasteiger partial charge in [0.2, 0.25) is 5.91 Å². The number of carbonyl (C=O) groups excluding carboxylic acids is 2. The summed E-state index contributed by atoms with van der Waals surface area (Å²) >= 11 is 1.65. The molecule has 2 N–H and O–H groups in total. The van der Waals surface area contributed by atoms with Gasteiger partial charge in [-0.25, -0.2) is 9.78 Å². The average Bonchev–Trinajstić information content (AvgIpc) is 3.32. The molecular formula is C17H24N4O2S.